The molecular formula is C18H29PZr. The Bertz CT molecular complexity index is 473. The molecule has 1 aromatic rings. The van der Waals surface area contributed by atoms with Gasteiger partial charge in [-0.3, -0.25) is 0 Å². The normalized spacial score (nSPS) is 13.8. The molecule has 0 unspecified atom stereocenters. The van der Waals surface area contributed by atoms with Gasteiger partial charge in [-0.05, 0) is 0 Å². The molecule has 0 saturated heterocycles. The van der Waals surface area contributed by atoms with E-state index in [1.54, 1.807) is 28.9 Å². The van der Waals surface area contributed by atoms with Gasteiger partial charge in [0.25, 0.3) is 0 Å². The molecule has 0 aliphatic heterocycles. The van der Waals surface area contributed by atoms with Crippen molar-refractivity contribution in [1.82, 2.24) is 0 Å². The molecule has 0 aromatic heterocycles. The van der Waals surface area contributed by atoms with Gasteiger partial charge in [-0.25, -0.2) is 0 Å². The molecule has 0 radical (unpaired) electrons. The first kappa shape index (κ1) is 18.5. The fraction of sp³-hybridized carbons (Fsp3) is 0.667. The van der Waals surface area contributed by atoms with E-state index in [1.807, 2.05) is 0 Å². The average Bonchev–Trinajstić information content (AvgIpc) is 2.23. The van der Waals surface area contributed by atoms with Gasteiger partial charge in [0.2, 0.25) is 0 Å². The second-order valence-corrected chi connectivity index (χ2v) is 11.1. The van der Waals surface area contributed by atoms with Crippen molar-refractivity contribution in [2.24, 2.45) is 0 Å². The van der Waals surface area contributed by atoms with E-state index < -0.39 is 0 Å². The summed E-state index contributed by atoms with van der Waals surface area (Å²) in [7, 11) is 0. The van der Waals surface area contributed by atoms with Crippen molar-refractivity contribution < 1.29 is 23.6 Å². The van der Waals surface area contributed by atoms with Crippen molar-refractivity contribution in [1.29, 1.82) is 0 Å². The quantitative estimate of drug-likeness (QED) is 0.566. The van der Waals surface area contributed by atoms with Gasteiger partial charge in [0.05, 0.1) is 0 Å². The van der Waals surface area contributed by atoms with Gasteiger partial charge in [0.15, 0.2) is 0 Å². The fourth-order valence-electron chi connectivity index (χ4n) is 2.33. The summed E-state index contributed by atoms with van der Waals surface area (Å²) in [4.78, 5) is 0. The van der Waals surface area contributed by atoms with Crippen LogP contribution in [0, 0.1) is 0 Å². The molecule has 0 fully saturated rings. The van der Waals surface area contributed by atoms with Gasteiger partial charge in [-0.15, -0.1) is 0 Å². The SMILES string of the molecule is CC(C)(C)c1cc(C(C)(C)C)c([P]=[Zr])c(C(C)(C)C)c1. The van der Waals surface area contributed by atoms with Gasteiger partial charge in [-0.1, -0.05) is 0 Å². The number of hydrogen-bond acceptors (Lipinski definition) is 0. The number of benzene rings is 1. The third-order valence-electron chi connectivity index (χ3n) is 3.70. The number of hydrogen-bond donors (Lipinski definition) is 0. The van der Waals surface area contributed by atoms with E-state index in [9.17, 15) is 0 Å². The Morgan fingerprint density at radius 2 is 1.05 bits per heavy atom. The molecule has 2 heteroatoms. The Hall–Kier alpha value is 0.403. The summed E-state index contributed by atoms with van der Waals surface area (Å²) in [6, 6.07) is 4.92. The molecule has 0 nitrogen and oxygen atoms in total. The molecule has 0 spiro atoms. The molecule has 110 valence electrons. The van der Waals surface area contributed by atoms with Gasteiger partial charge in [0.1, 0.15) is 0 Å². The van der Waals surface area contributed by atoms with Crippen molar-refractivity contribution in [3.63, 3.8) is 0 Å². The Kier molecular flexibility index (Phi) is 5.43. The molecule has 0 atom stereocenters. The molecule has 0 saturated carbocycles. The van der Waals surface area contributed by atoms with Crippen molar-refractivity contribution in [2.45, 2.75) is 78.6 Å². The van der Waals surface area contributed by atoms with Crippen LogP contribution in [0.25, 0.3) is 0 Å². The maximum absolute atomic E-state index is 2.46. The Balaban J connectivity index is 3.80. The molecule has 0 amide bonds. The van der Waals surface area contributed by atoms with Gasteiger partial charge >= 0.3 is 142 Å². The van der Waals surface area contributed by atoms with Crippen molar-refractivity contribution in [3.8, 4) is 0 Å². The Morgan fingerprint density at radius 1 is 0.700 bits per heavy atom. The van der Waals surface area contributed by atoms with Crippen molar-refractivity contribution in [2.75, 3.05) is 0 Å². The summed E-state index contributed by atoms with van der Waals surface area (Å²) in [5.41, 5.74) is 5.16. The van der Waals surface area contributed by atoms with Gasteiger partial charge in [-0.2, -0.15) is 0 Å². The first-order chi connectivity index (χ1) is 8.78. The predicted octanol–water partition coefficient (Wildman–Crippen LogP) is 5.61. The summed E-state index contributed by atoms with van der Waals surface area (Å²) >= 11 is 1.57. The van der Waals surface area contributed by atoms with E-state index in [-0.39, 0.29) is 16.2 Å². The van der Waals surface area contributed by atoms with E-state index in [0.29, 0.717) is 0 Å². The summed E-state index contributed by atoms with van der Waals surface area (Å²) in [6.45, 7) is 21.0. The van der Waals surface area contributed by atoms with Gasteiger partial charge in [0, 0.05) is 0 Å². The third-order valence-corrected chi connectivity index (χ3v) is 6.06. The maximum atomic E-state index is 2.46. The first-order valence-corrected chi connectivity index (χ1v) is 11.5. The minimum atomic E-state index is 0.205. The van der Waals surface area contributed by atoms with Crippen LogP contribution in [0.15, 0.2) is 12.1 Å². The third kappa shape index (κ3) is 4.21. The number of rotatable bonds is 1. The molecular weight excluding hydrogens is 338 g/mol. The van der Waals surface area contributed by atoms with E-state index in [2.05, 4.69) is 74.4 Å². The zero-order valence-corrected chi connectivity index (χ0v) is 18.0. The van der Waals surface area contributed by atoms with E-state index in [0.717, 1.165) is 0 Å². The monoisotopic (exact) mass is 366 g/mol. The van der Waals surface area contributed by atoms with Crippen LogP contribution in [0.1, 0.15) is 79.0 Å². The van der Waals surface area contributed by atoms with Crippen molar-refractivity contribution >= 4 is 10.7 Å². The summed E-state index contributed by atoms with van der Waals surface area (Å²) in [5.74, 6) is 0. The van der Waals surface area contributed by atoms with Crippen LogP contribution < -0.4 is 5.30 Å². The zero-order chi connectivity index (χ0) is 15.9. The van der Waals surface area contributed by atoms with Crippen LogP contribution in [0.2, 0.25) is 0 Å². The van der Waals surface area contributed by atoms with Crippen LogP contribution in [0.4, 0.5) is 0 Å². The molecule has 0 heterocycles. The standard InChI is InChI=1S/C18H29P.Zr/c1-16(2,3)12-10-13(17(4,5)6)15(19)14(11-12)18(7,8)9;/h10-11H,1-9H3;. The molecule has 1 rings (SSSR count). The Labute approximate surface area is 141 Å². The summed E-state index contributed by atoms with van der Waals surface area (Å²) in [5, 5.41) is 3.03. The second-order valence-electron chi connectivity index (χ2n) is 8.78. The molecule has 0 aliphatic rings. The molecule has 0 bridgehead atoms. The molecule has 0 aliphatic carbocycles. The predicted molar refractivity (Wildman–Crippen MR) is 89.1 cm³/mol. The molecule has 1 aromatic carbocycles. The van der Waals surface area contributed by atoms with Gasteiger partial charge < -0.3 is 0 Å². The summed E-state index contributed by atoms with van der Waals surface area (Å²) in [6.07, 6.45) is 0. The Morgan fingerprint density at radius 3 is 1.25 bits per heavy atom. The van der Waals surface area contributed by atoms with Crippen LogP contribution >= 0.6 is 5.40 Å². The topological polar surface area (TPSA) is 0 Å². The van der Waals surface area contributed by atoms with Crippen LogP contribution in [0.5, 0.6) is 0 Å². The van der Waals surface area contributed by atoms with Crippen LogP contribution in [0.3, 0.4) is 0 Å². The van der Waals surface area contributed by atoms with E-state index in [1.165, 1.54) is 22.1 Å². The minimum absolute atomic E-state index is 0.205. The fourth-order valence-corrected chi connectivity index (χ4v) is 5.15. The van der Waals surface area contributed by atoms with Crippen LogP contribution in [-0.2, 0) is 39.9 Å². The van der Waals surface area contributed by atoms with E-state index >= 15 is 0 Å². The molecule has 0 N–H and O–H groups in total. The average molecular weight is 368 g/mol. The zero-order valence-electron chi connectivity index (χ0n) is 14.6. The molecule has 20 heavy (non-hydrogen) atoms. The summed E-state index contributed by atoms with van der Waals surface area (Å²) < 4.78 is 0. The van der Waals surface area contributed by atoms with E-state index in [4.69, 9.17) is 0 Å². The first-order valence-electron chi connectivity index (χ1n) is 7.35. The van der Waals surface area contributed by atoms with Crippen molar-refractivity contribution in [3.05, 3.63) is 28.8 Å². The second kappa shape index (κ2) is 5.89. The van der Waals surface area contributed by atoms with Crippen LogP contribution in [-0.4, -0.2) is 0 Å².